The summed E-state index contributed by atoms with van der Waals surface area (Å²) >= 11 is 6.77. The maximum absolute atomic E-state index is 12.7. The van der Waals surface area contributed by atoms with Crippen LogP contribution in [0, 0.1) is 0 Å². The van der Waals surface area contributed by atoms with Crippen molar-refractivity contribution < 1.29 is 24.6 Å². The van der Waals surface area contributed by atoms with Gasteiger partial charge in [-0.15, -0.1) is 0 Å². The van der Waals surface area contributed by atoms with Crippen LogP contribution in [0.25, 0.3) is 0 Å². The molecule has 0 heterocycles. The van der Waals surface area contributed by atoms with Crippen LogP contribution in [0.1, 0.15) is 47.8 Å². The topological polar surface area (TPSA) is 98.2 Å². The van der Waals surface area contributed by atoms with E-state index in [9.17, 15) is 14.4 Å². The maximum atomic E-state index is 12.7. The standard InChI is InChI=1S/C17H16BrNO3.C17H18BrNO2/c1-19(9-10-20)17(22)14-8-7-13(18)11-15(14)16(21)12-5-3-2-4-6-12;1-19(9-10-20)12-14-7-8-15(18)11-16(14)17(21)13-5-3-2-4-6-13/h2-8,11,20H,9-10H2,1H3;2-8,11,20H,9-10,12H2,1H3. The first-order valence-corrected chi connectivity index (χ1v) is 15.2. The van der Waals surface area contributed by atoms with Gasteiger partial charge in [0.2, 0.25) is 0 Å². The molecule has 224 valence electrons. The molecule has 0 fully saturated rings. The lowest BCUT2D eigenvalue weighted by atomic mass is 9.97. The molecule has 0 saturated heterocycles. The molecule has 1 amide bonds. The molecule has 0 atom stereocenters. The number of likely N-dealkylation sites (N-methyl/N-ethyl adjacent to an activating group) is 2. The van der Waals surface area contributed by atoms with Crippen molar-refractivity contribution in [3.8, 4) is 0 Å². The first-order valence-electron chi connectivity index (χ1n) is 13.6. The van der Waals surface area contributed by atoms with Crippen molar-refractivity contribution in [3.05, 3.63) is 139 Å². The number of hydrogen-bond donors (Lipinski definition) is 2. The van der Waals surface area contributed by atoms with Crippen LogP contribution >= 0.6 is 31.9 Å². The fourth-order valence-electron chi connectivity index (χ4n) is 4.28. The Kier molecular flexibility index (Phi) is 13.4. The number of nitrogens with zero attached hydrogens (tertiary/aromatic N) is 2. The van der Waals surface area contributed by atoms with E-state index >= 15 is 0 Å². The van der Waals surface area contributed by atoms with Crippen molar-refractivity contribution in [1.82, 2.24) is 9.80 Å². The molecule has 9 heteroatoms. The lowest BCUT2D eigenvalue weighted by Crippen LogP contribution is -2.30. The zero-order valence-corrected chi connectivity index (χ0v) is 27.2. The SMILES string of the molecule is CN(CCO)C(=O)c1ccc(Br)cc1C(=O)c1ccccc1.CN(CCO)Cc1ccc(Br)cc1C(=O)c1ccccc1. The summed E-state index contributed by atoms with van der Waals surface area (Å²) in [5, 5.41) is 18.0. The maximum Gasteiger partial charge on any atom is 0.254 e. The lowest BCUT2D eigenvalue weighted by Gasteiger charge is -2.18. The summed E-state index contributed by atoms with van der Waals surface area (Å²) in [5.41, 5.74) is 3.54. The second kappa shape index (κ2) is 17.0. The molecule has 4 aromatic rings. The van der Waals surface area contributed by atoms with E-state index in [1.165, 1.54) is 4.90 Å². The van der Waals surface area contributed by atoms with Crippen LogP contribution in [0.15, 0.2) is 106 Å². The molecule has 4 aromatic carbocycles. The van der Waals surface area contributed by atoms with E-state index in [-0.39, 0.29) is 37.2 Å². The van der Waals surface area contributed by atoms with Crippen LogP contribution in [0.2, 0.25) is 0 Å². The number of aliphatic hydroxyl groups excluding tert-OH is 2. The summed E-state index contributed by atoms with van der Waals surface area (Å²) in [6, 6.07) is 28.8. The highest BCUT2D eigenvalue weighted by atomic mass is 79.9. The molecule has 0 aliphatic carbocycles. The van der Waals surface area contributed by atoms with Crippen LogP contribution in [0.5, 0.6) is 0 Å². The minimum absolute atomic E-state index is 0.0179. The van der Waals surface area contributed by atoms with Crippen molar-refractivity contribution in [2.75, 3.05) is 40.4 Å². The number of ketones is 2. The van der Waals surface area contributed by atoms with Crippen molar-refractivity contribution in [3.63, 3.8) is 0 Å². The predicted octanol–water partition coefficient (Wildman–Crippen LogP) is 5.85. The number of carbonyl (C=O) groups is 3. The van der Waals surface area contributed by atoms with Gasteiger partial charge in [-0.25, -0.2) is 0 Å². The predicted molar refractivity (Wildman–Crippen MR) is 175 cm³/mol. The molecule has 7 nitrogen and oxygen atoms in total. The number of rotatable bonds is 11. The van der Waals surface area contributed by atoms with E-state index in [0.717, 1.165) is 14.5 Å². The Morgan fingerprint density at radius 3 is 1.65 bits per heavy atom. The Morgan fingerprint density at radius 2 is 1.12 bits per heavy atom. The van der Waals surface area contributed by atoms with Gasteiger partial charge >= 0.3 is 0 Å². The molecule has 0 bridgehead atoms. The highest BCUT2D eigenvalue weighted by Crippen LogP contribution is 2.22. The first-order chi connectivity index (χ1) is 20.7. The van der Waals surface area contributed by atoms with Gasteiger partial charge < -0.3 is 15.1 Å². The molecular formula is C34H34Br2N2O5. The largest absolute Gasteiger partial charge is 0.395 e. The van der Waals surface area contributed by atoms with Crippen molar-refractivity contribution in [1.29, 1.82) is 0 Å². The molecule has 0 radical (unpaired) electrons. The summed E-state index contributed by atoms with van der Waals surface area (Å²) in [6.45, 7) is 1.40. The highest BCUT2D eigenvalue weighted by molar-refractivity contribution is 9.10. The van der Waals surface area contributed by atoms with Gasteiger partial charge in [0, 0.05) is 57.9 Å². The number of amides is 1. The summed E-state index contributed by atoms with van der Waals surface area (Å²) in [5.74, 6) is -0.479. The smallest absolute Gasteiger partial charge is 0.254 e. The molecule has 0 aliphatic heterocycles. The number of halogens is 2. The highest BCUT2D eigenvalue weighted by Gasteiger charge is 2.21. The van der Waals surface area contributed by atoms with Crippen LogP contribution in [0.3, 0.4) is 0 Å². The van der Waals surface area contributed by atoms with Crippen LogP contribution in [0.4, 0.5) is 0 Å². The molecular weight excluding hydrogens is 676 g/mol. The zero-order valence-electron chi connectivity index (χ0n) is 24.0. The molecule has 0 aliphatic rings. The normalized spacial score (nSPS) is 10.6. The van der Waals surface area contributed by atoms with Crippen LogP contribution in [-0.4, -0.2) is 77.9 Å². The minimum Gasteiger partial charge on any atom is -0.395 e. The van der Waals surface area contributed by atoms with E-state index in [1.54, 1.807) is 49.5 Å². The monoisotopic (exact) mass is 708 g/mol. The zero-order chi connectivity index (χ0) is 31.4. The van der Waals surface area contributed by atoms with Gasteiger partial charge in [-0.3, -0.25) is 19.3 Å². The molecule has 0 unspecified atom stereocenters. The quantitative estimate of drug-likeness (QED) is 0.190. The number of hydrogen-bond acceptors (Lipinski definition) is 6. The molecule has 2 N–H and O–H groups in total. The number of aliphatic hydroxyl groups is 2. The Hall–Kier alpha value is -3.47. The summed E-state index contributed by atoms with van der Waals surface area (Å²) < 4.78 is 1.61. The van der Waals surface area contributed by atoms with Crippen molar-refractivity contribution in [2.45, 2.75) is 6.54 Å². The van der Waals surface area contributed by atoms with Gasteiger partial charge in [0.15, 0.2) is 11.6 Å². The first kappa shape index (κ1) is 34.0. The molecule has 4 rings (SSSR count). The lowest BCUT2D eigenvalue weighted by molar-refractivity contribution is 0.0762. The van der Waals surface area contributed by atoms with Gasteiger partial charge in [0.25, 0.3) is 5.91 Å². The third-order valence-electron chi connectivity index (χ3n) is 6.55. The van der Waals surface area contributed by atoms with Gasteiger partial charge in [0.1, 0.15) is 0 Å². The second-order valence-electron chi connectivity index (χ2n) is 9.79. The summed E-state index contributed by atoms with van der Waals surface area (Å²) in [7, 11) is 3.52. The van der Waals surface area contributed by atoms with Crippen molar-refractivity contribution >= 4 is 49.3 Å². The van der Waals surface area contributed by atoms with E-state index in [4.69, 9.17) is 10.2 Å². The van der Waals surface area contributed by atoms with E-state index in [2.05, 4.69) is 31.9 Å². The fraction of sp³-hybridized carbons (Fsp3) is 0.206. The molecule has 0 aromatic heterocycles. The summed E-state index contributed by atoms with van der Waals surface area (Å²) in [6.07, 6.45) is 0. The number of carbonyl (C=O) groups excluding carboxylic acids is 3. The van der Waals surface area contributed by atoms with Crippen LogP contribution in [-0.2, 0) is 6.54 Å². The Labute approximate surface area is 269 Å². The van der Waals surface area contributed by atoms with E-state index in [0.29, 0.717) is 40.9 Å². The van der Waals surface area contributed by atoms with Gasteiger partial charge in [-0.1, -0.05) is 98.6 Å². The third kappa shape index (κ3) is 9.77. The molecule has 0 saturated carbocycles. The molecule has 43 heavy (non-hydrogen) atoms. The third-order valence-corrected chi connectivity index (χ3v) is 7.54. The molecule has 0 spiro atoms. The van der Waals surface area contributed by atoms with Gasteiger partial charge in [0.05, 0.1) is 18.8 Å². The average Bonchev–Trinajstić information content (AvgIpc) is 3.02. The van der Waals surface area contributed by atoms with Crippen LogP contribution < -0.4 is 0 Å². The van der Waals surface area contributed by atoms with Crippen molar-refractivity contribution in [2.24, 2.45) is 0 Å². The number of benzene rings is 4. The Bertz CT molecular complexity index is 1530. The average molecular weight is 710 g/mol. The van der Waals surface area contributed by atoms with Gasteiger partial charge in [-0.05, 0) is 42.9 Å². The fourth-order valence-corrected chi connectivity index (χ4v) is 5.00. The Balaban J connectivity index is 0.000000236. The Morgan fingerprint density at radius 1 is 0.628 bits per heavy atom. The van der Waals surface area contributed by atoms with E-state index in [1.807, 2.05) is 66.5 Å². The second-order valence-corrected chi connectivity index (χ2v) is 11.6. The minimum atomic E-state index is -0.291. The van der Waals surface area contributed by atoms with E-state index < -0.39 is 0 Å². The van der Waals surface area contributed by atoms with Gasteiger partial charge in [-0.2, -0.15) is 0 Å². The summed E-state index contributed by atoms with van der Waals surface area (Å²) in [4.78, 5) is 41.2.